The Balaban J connectivity index is 2.22. The zero-order valence-electron chi connectivity index (χ0n) is 12.4. The number of rotatable bonds is 4. The fourth-order valence-corrected chi connectivity index (χ4v) is 2.63. The summed E-state index contributed by atoms with van der Waals surface area (Å²) in [6.07, 6.45) is 1.83. The van der Waals surface area contributed by atoms with E-state index in [1.807, 2.05) is 6.07 Å². The van der Waals surface area contributed by atoms with Gasteiger partial charge in [0.15, 0.2) is 0 Å². The van der Waals surface area contributed by atoms with E-state index in [1.54, 1.807) is 30.0 Å². The van der Waals surface area contributed by atoms with Gasteiger partial charge in [-0.05, 0) is 31.0 Å². The summed E-state index contributed by atoms with van der Waals surface area (Å²) in [5.41, 5.74) is 1.37. The van der Waals surface area contributed by atoms with Crippen LogP contribution in [-0.2, 0) is 14.4 Å². The molecular weight excluding hydrogens is 268 g/mol. The number of ketones is 1. The van der Waals surface area contributed by atoms with Gasteiger partial charge in [0.2, 0.25) is 11.8 Å². The number of nitrogens with zero attached hydrogens (tertiary/aromatic N) is 1. The molecule has 0 spiro atoms. The average molecular weight is 288 g/mol. The van der Waals surface area contributed by atoms with Crippen molar-refractivity contribution in [2.24, 2.45) is 5.92 Å². The molecule has 1 saturated heterocycles. The predicted molar refractivity (Wildman–Crippen MR) is 81.1 cm³/mol. The van der Waals surface area contributed by atoms with Gasteiger partial charge in [-0.15, -0.1) is 0 Å². The molecule has 1 heterocycles. The van der Waals surface area contributed by atoms with Crippen LogP contribution in [0.4, 0.5) is 11.4 Å². The number of piperidine rings is 1. The summed E-state index contributed by atoms with van der Waals surface area (Å²) in [7, 11) is 0. The topological polar surface area (TPSA) is 66.5 Å². The van der Waals surface area contributed by atoms with Crippen LogP contribution >= 0.6 is 0 Å². The van der Waals surface area contributed by atoms with E-state index < -0.39 is 5.92 Å². The third-order valence-corrected chi connectivity index (χ3v) is 3.65. The average Bonchev–Trinajstić information content (AvgIpc) is 2.46. The second-order valence-corrected chi connectivity index (χ2v) is 5.24. The van der Waals surface area contributed by atoms with Crippen LogP contribution in [0.15, 0.2) is 24.3 Å². The lowest BCUT2D eigenvalue weighted by Crippen LogP contribution is -2.44. The molecule has 1 N–H and O–H groups in total. The fourth-order valence-electron chi connectivity index (χ4n) is 2.63. The minimum absolute atomic E-state index is 0.00251. The molecular formula is C16H20N2O3. The Bertz CT molecular complexity index is 568. The van der Waals surface area contributed by atoms with Crippen LogP contribution in [0.25, 0.3) is 0 Å². The number of hydrogen-bond donors (Lipinski definition) is 1. The number of amides is 2. The van der Waals surface area contributed by atoms with Gasteiger partial charge < -0.3 is 10.2 Å². The van der Waals surface area contributed by atoms with Gasteiger partial charge in [0.05, 0.1) is 5.92 Å². The lowest BCUT2D eigenvalue weighted by atomic mass is 9.91. The third kappa shape index (κ3) is 3.48. The predicted octanol–water partition coefficient (Wildman–Crippen LogP) is 2.37. The molecule has 1 aliphatic rings. The smallest absolute Gasteiger partial charge is 0.237 e. The molecule has 1 aromatic rings. The van der Waals surface area contributed by atoms with Crippen molar-refractivity contribution in [1.82, 2.24) is 0 Å². The van der Waals surface area contributed by atoms with Crippen LogP contribution in [0, 0.1) is 5.92 Å². The van der Waals surface area contributed by atoms with Gasteiger partial charge >= 0.3 is 0 Å². The zero-order valence-corrected chi connectivity index (χ0v) is 12.4. The van der Waals surface area contributed by atoms with E-state index >= 15 is 0 Å². The number of hydrogen-bond acceptors (Lipinski definition) is 3. The number of carbonyl (C=O) groups excluding carboxylic acids is 3. The van der Waals surface area contributed by atoms with Crippen LogP contribution in [-0.4, -0.2) is 24.1 Å². The van der Waals surface area contributed by atoms with E-state index in [0.29, 0.717) is 25.1 Å². The van der Waals surface area contributed by atoms with E-state index in [0.717, 1.165) is 12.1 Å². The molecule has 5 nitrogen and oxygen atoms in total. The molecule has 0 aliphatic carbocycles. The number of nitrogens with one attached hydrogen (secondary N) is 1. The molecule has 112 valence electrons. The highest BCUT2D eigenvalue weighted by Gasteiger charge is 2.33. The van der Waals surface area contributed by atoms with E-state index in [-0.39, 0.29) is 17.6 Å². The molecule has 0 saturated carbocycles. The van der Waals surface area contributed by atoms with Gasteiger partial charge in [-0.25, -0.2) is 0 Å². The van der Waals surface area contributed by atoms with E-state index in [4.69, 9.17) is 0 Å². The van der Waals surface area contributed by atoms with Gasteiger partial charge in [0, 0.05) is 31.3 Å². The van der Waals surface area contributed by atoms with E-state index in [1.165, 1.54) is 6.92 Å². The molecule has 1 atom stereocenters. The van der Waals surface area contributed by atoms with Gasteiger partial charge in [-0.3, -0.25) is 14.4 Å². The van der Waals surface area contributed by atoms with Crippen molar-refractivity contribution in [2.75, 3.05) is 16.8 Å². The Hall–Kier alpha value is -2.17. The maximum atomic E-state index is 12.5. The van der Waals surface area contributed by atoms with E-state index in [9.17, 15) is 14.4 Å². The minimum Gasteiger partial charge on any atom is -0.326 e. The Kier molecular flexibility index (Phi) is 4.73. The van der Waals surface area contributed by atoms with Gasteiger partial charge in [0.1, 0.15) is 5.78 Å². The van der Waals surface area contributed by atoms with Crippen LogP contribution in [0.5, 0.6) is 0 Å². The highest BCUT2D eigenvalue weighted by Crippen LogP contribution is 2.27. The second kappa shape index (κ2) is 6.52. The lowest BCUT2D eigenvalue weighted by Gasteiger charge is -2.31. The number of anilines is 2. The molecule has 0 bridgehead atoms. The highest BCUT2D eigenvalue weighted by atomic mass is 16.2. The maximum Gasteiger partial charge on any atom is 0.237 e. The van der Waals surface area contributed by atoms with Crippen molar-refractivity contribution < 1.29 is 14.4 Å². The zero-order chi connectivity index (χ0) is 15.4. The fraction of sp³-hybridized carbons (Fsp3) is 0.438. The van der Waals surface area contributed by atoms with Gasteiger partial charge in [-0.1, -0.05) is 13.0 Å². The maximum absolute atomic E-state index is 12.5. The molecule has 0 aromatic heterocycles. The summed E-state index contributed by atoms with van der Waals surface area (Å²) in [4.78, 5) is 37.1. The normalized spacial score (nSPS) is 18.5. The minimum atomic E-state index is -0.520. The Morgan fingerprint density at radius 1 is 1.38 bits per heavy atom. The Morgan fingerprint density at radius 2 is 2.14 bits per heavy atom. The van der Waals surface area contributed by atoms with Gasteiger partial charge in [0.25, 0.3) is 0 Å². The summed E-state index contributed by atoms with van der Waals surface area (Å²) in [5.74, 6) is -0.805. The Morgan fingerprint density at radius 3 is 2.81 bits per heavy atom. The highest BCUT2D eigenvalue weighted by molar-refractivity contribution is 6.09. The van der Waals surface area contributed by atoms with E-state index in [2.05, 4.69) is 5.32 Å². The molecule has 21 heavy (non-hydrogen) atoms. The SMILES string of the molecule is CCC(=O)[C@H]1CCCN(c2cccc(NC(C)=O)c2)C1=O. The van der Waals surface area contributed by atoms with Crippen molar-refractivity contribution in [3.63, 3.8) is 0 Å². The van der Waals surface area contributed by atoms with Crippen LogP contribution in [0.2, 0.25) is 0 Å². The van der Waals surface area contributed by atoms with Crippen molar-refractivity contribution in [2.45, 2.75) is 33.1 Å². The largest absolute Gasteiger partial charge is 0.326 e. The van der Waals surface area contributed by atoms with Crippen LogP contribution < -0.4 is 10.2 Å². The number of carbonyl (C=O) groups is 3. The molecule has 2 rings (SSSR count). The Labute approximate surface area is 124 Å². The summed E-state index contributed by atoms with van der Waals surface area (Å²) in [6.45, 7) is 3.83. The first-order valence-electron chi connectivity index (χ1n) is 7.24. The second-order valence-electron chi connectivity index (χ2n) is 5.24. The molecule has 1 aromatic carbocycles. The molecule has 1 aliphatic heterocycles. The molecule has 0 radical (unpaired) electrons. The summed E-state index contributed by atoms with van der Waals surface area (Å²) < 4.78 is 0. The lowest BCUT2D eigenvalue weighted by molar-refractivity contribution is -0.133. The standard InChI is InChI=1S/C16H20N2O3/c1-3-15(20)14-8-5-9-18(16(14)21)13-7-4-6-12(10-13)17-11(2)19/h4,6-7,10,14H,3,5,8-9H2,1-2H3,(H,17,19)/t14-/m1/s1. The molecule has 2 amide bonds. The molecule has 5 heteroatoms. The first kappa shape index (κ1) is 15.2. The summed E-state index contributed by atoms with van der Waals surface area (Å²) >= 11 is 0. The summed E-state index contributed by atoms with van der Waals surface area (Å²) in [6, 6.07) is 7.15. The first-order valence-corrected chi connectivity index (χ1v) is 7.24. The third-order valence-electron chi connectivity index (χ3n) is 3.65. The first-order chi connectivity index (χ1) is 10.0. The van der Waals surface area contributed by atoms with Crippen molar-refractivity contribution in [3.8, 4) is 0 Å². The molecule has 0 unspecified atom stereocenters. The van der Waals surface area contributed by atoms with Crippen LogP contribution in [0.1, 0.15) is 33.1 Å². The number of benzene rings is 1. The van der Waals surface area contributed by atoms with Crippen LogP contribution in [0.3, 0.4) is 0 Å². The quantitative estimate of drug-likeness (QED) is 0.865. The molecule has 1 fully saturated rings. The van der Waals surface area contributed by atoms with Crippen molar-refractivity contribution in [1.29, 1.82) is 0 Å². The monoisotopic (exact) mass is 288 g/mol. The number of Topliss-reactive ketones (excluding diaryl/α,β-unsaturated/α-hetero) is 1. The van der Waals surface area contributed by atoms with Crippen molar-refractivity contribution >= 4 is 29.0 Å². The summed E-state index contributed by atoms with van der Waals surface area (Å²) in [5, 5.41) is 2.70. The van der Waals surface area contributed by atoms with Crippen molar-refractivity contribution in [3.05, 3.63) is 24.3 Å². The van der Waals surface area contributed by atoms with Gasteiger partial charge in [-0.2, -0.15) is 0 Å².